The summed E-state index contributed by atoms with van der Waals surface area (Å²) in [6.45, 7) is 17.2. The first-order valence-electron chi connectivity index (χ1n) is 10.0. The van der Waals surface area contributed by atoms with E-state index in [1.165, 1.54) is 16.7 Å². The number of allylic oxidation sites excluding steroid dienone is 1. The van der Waals surface area contributed by atoms with Gasteiger partial charge in [-0.15, -0.1) is 0 Å². The van der Waals surface area contributed by atoms with Crippen LogP contribution in [0.3, 0.4) is 0 Å². The Morgan fingerprint density at radius 2 is 1.96 bits per heavy atom. The Labute approximate surface area is 169 Å². The van der Waals surface area contributed by atoms with E-state index >= 15 is 0 Å². The Hall–Kier alpha value is -2.17. The maximum atomic E-state index is 5.29. The van der Waals surface area contributed by atoms with E-state index < -0.39 is 0 Å². The normalized spacial score (nSPS) is 18.8. The molecule has 0 spiro atoms. The minimum Gasteiger partial charge on any atom is -0.481 e. The summed E-state index contributed by atoms with van der Waals surface area (Å²) in [7, 11) is 1.67. The molecule has 0 saturated carbocycles. The summed E-state index contributed by atoms with van der Waals surface area (Å²) >= 11 is 0. The Bertz CT molecular complexity index is 825. The van der Waals surface area contributed by atoms with E-state index in [-0.39, 0.29) is 5.54 Å². The summed E-state index contributed by atoms with van der Waals surface area (Å²) < 4.78 is 5.29. The molecule has 1 aromatic heterocycles. The van der Waals surface area contributed by atoms with Gasteiger partial charge in [-0.3, -0.25) is 9.80 Å². The molecule has 1 aromatic carbocycles. The molecule has 2 heterocycles. The molecular formula is C24H33N3O. The van der Waals surface area contributed by atoms with Gasteiger partial charge in [0, 0.05) is 50.0 Å². The number of aromatic nitrogens is 1. The van der Waals surface area contributed by atoms with E-state index in [1.807, 2.05) is 12.3 Å². The van der Waals surface area contributed by atoms with Gasteiger partial charge in [0.25, 0.3) is 0 Å². The number of benzene rings is 1. The van der Waals surface area contributed by atoms with Gasteiger partial charge in [0.15, 0.2) is 0 Å². The zero-order valence-corrected chi connectivity index (χ0v) is 17.9. The van der Waals surface area contributed by atoms with Crippen molar-refractivity contribution in [1.82, 2.24) is 14.8 Å². The predicted molar refractivity (Wildman–Crippen MR) is 116 cm³/mol. The maximum Gasteiger partial charge on any atom is 0.213 e. The number of hydrogen-bond acceptors (Lipinski definition) is 4. The zero-order chi connectivity index (χ0) is 20.3. The van der Waals surface area contributed by atoms with E-state index in [1.54, 1.807) is 7.11 Å². The van der Waals surface area contributed by atoms with Gasteiger partial charge < -0.3 is 4.74 Å². The highest BCUT2D eigenvalue weighted by atomic mass is 16.5. The SMILES string of the molecule is C=C(C)c1ccccc1C1CN(Cc2ccnc(OC)c2)CCN1C(C)(C)C. The van der Waals surface area contributed by atoms with Crippen LogP contribution in [0.15, 0.2) is 49.2 Å². The number of nitrogens with zero attached hydrogens (tertiary/aromatic N) is 3. The lowest BCUT2D eigenvalue weighted by molar-refractivity contribution is 0.00586. The minimum absolute atomic E-state index is 0.110. The summed E-state index contributed by atoms with van der Waals surface area (Å²) in [4.78, 5) is 9.41. The predicted octanol–water partition coefficient (Wildman–Crippen LogP) is 4.78. The van der Waals surface area contributed by atoms with Crippen molar-refractivity contribution in [3.05, 3.63) is 65.9 Å². The second-order valence-electron chi connectivity index (χ2n) is 8.69. The molecule has 1 atom stereocenters. The molecule has 0 radical (unpaired) electrons. The fourth-order valence-corrected chi connectivity index (χ4v) is 4.15. The topological polar surface area (TPSA) is 28.6 Å². The van der Waals surface area contributed by atoms with Crippen LogP contribution >= 0.6 is 0 Å². The summed E-state index contributed by atoms with van der Waals surface area (Å²) in [6.07, 6.45) is 1.83. The van der Waals surface area contributed by atoms with Gasteiger partial charge in [0.2, 0.25) is 5.88 Å². The molecule has 0 bridgehead atoms. The largest absolute Gasteiger partial charge is 0.481 e. The van der Waals surface area contributed by atoms with Crippen LogP contribution in [0.2, 0.25) is 0 Å². The second kappa shape index (κ2) is 8.46. The van der Waals surface area contributed by atoms with Crippen molar-refractivity contribution in [2.75, 3.05) is 26.7 Å². The monoisotopic (exact) mass is 379 g/mol. The van der Waals surface area contributed by atoms with Gasteiger partial charge >= 0.3 is 0 Å². The first-order chi connectivity index (χ1) is 13.3. The standard InChI is InChI=1S/C24H33N3O/c1-18(2)20-9-7-8-10-21(20)22-17-26(13-14-27(22)24(3,4)5)16-19-11-12-25-23(15-19)28-6/h7-12,15,22H,1,13-14,16-17H2,2-6H3. The second-order valence-corrected chi connectivity index (χ2v) is 8.69. The molecule has 4 nitrogen and oxygen atoms in total. The molecule has 0 N–H and O–H groups in total. The van der Waals surface area contributed by atoms with E-state index in [0.29, 0.717) is 11.9 Å². The highest BCUT2D eigenvalue weighted by Crippen LogP contribution is 2.35. The third kappa shape index (κ3) is 4.62. The average Bonchev–Trinajstić information content (AvgIpc) is 2.67. The molecule has 1 unspecified atom stereocenters. The summed E-state index contributed by atoms with van der Waals surface area (Å²) in [6, 6.07) is 13.2. The first-order valence-corrected chi connectivity index (χ1v) is 10.0. The molecule has 3 rings (SSSR count). The average molecular weight is 380 g/mol. The van der Waals surface area contributed by atoms with Crippen LogP contribution in [0.1, 0.15) is 50.4 Å². The van der Waals surface area contributed by atoms with Crippen LogP contribution in [0, 0.1) is 0 Å². The number of methoxy groups -OCH3 is 1. The summed E-state index contributed by atoms with van der Waals surface area (Å²) in [5.41, 5.74) is 5.12. The third-order valence-corrected chi connectivity index (χ3v) is 5.52. The summed E-state index contributed by atoms with van der Waals surface area (Å²) in [5, 5.41) is 0. The fraction of sp³-hybridized carbons (Fsp3) is 0.458. The Balaban J connectivity index is 1.89. The lowest BCUT2D eigenvalue weighted by Crippen LogP contribution is -2.54. The zero-order valence-electron chi connectivity index (χ0n) is 17.9. The van der Waals surface area contributed by atoms with Crippen LogP contribution in [0.5, 0.6) is 5.88 Å². The molecule has 28 heavy (non-hydrogen) atoms. The molecule has 150 valence electrons. The van der Waals surface area contributed by atoms with Gasteiger partial charge in [-0.2, -0.15) is 0 Å². The van der Waals surface area contributed by atoms with Gasteiger partial charge in [0.05, 0.1) is 7.11 Å². The van der Waals surface area contributed by atoms with Crippen LogP contribution in [-0.2, 0) is 6.54 Å². The lowest BCUT2D eigenvalue weighted by atomic mass is 9.90. The number of pyridine rings is 1. The van der Waals surface area contributed by atoms with Gasteiger partial charge in [-0.25, -0.2) is 4.98 Å². The third-order valence-electron chi connectivity index (χ3n) is 5.52. The smallest absolute Gasteiger partial charge is 0.213 e. The van der Waals surface area contributed by atoms with Crippen LogP contribution in [-0.4, -0.2) is 47.1 Å². The molecule has 0 aliphatic carbocycles. The van der Waals surface area contributed by atoms with E-state index in [2.05, 4.69) is 79.4 Å². The Morgan fingerprint density at radius 1 is 1.21 bits per heavy atom. The number of piperazine rings is 1. The van der Waals surface area contributed by atoms with Crippen LogP contribution < -0.4 is 4.74 Å². The molecule has 0 amide bonds. The van der Waals surface area contributed by atoms with E-state index in [9.17, 15) is 0 Å². The Kier molecular flexibility index (Phi) is 6.21. The van der Waals surface area contributed by atoms with Crippen molar-refractivity contribution in [3.63, 3.8) is 0 Å². The highest BCUT2D eigenvalue weighted by molar-refractivity contribution is 5.65. The van der Waals surface area contributed by atoms with Crippen LogP contribution in [0.4, 0.5) is 0 Å². The van der Waals surface area contributed by atoms with Gasteiger partial charge in [0.1, 0.15) is 0 Å². The molecular weight excluding hydrogens is 346 g/mol. The fourth-order valence-electron chi connectivity index (χ4n) is 4.15. The molecule has 1 saturated heterocycles. The Morgan fingerprint density at radius 3 is 2.64 bits per heavy atom. The molecule has 4 heteroatoms. The van der Waals surface area contributed by atoms with E-state index in [0.717, 1.165) is 31.8 Å². The summed E-state index contributed by atoms with van der Waals surface area (Å²) in [5.74, 6) is 0.676. The molecule has 1 aliphatic rings. The van der Waals surface area contributed by atoms with Crippen LogP contribution in [0.25, 0.3) is 5.57 Å². The minimum atomic E-state index is 0.110. The number of ether oxygens (including phenoxy) is 1. The van der Waals surface area contributed by atoms with Crippen molar-refractivity contribution < 1.29 is 4.74 Å². The molecule has 1 fully saturated rings. The molecule has 1 aliphatic heterocycles. The maximum absolute atomic E-state index is 5.29. The lowest BCUT2D eigenvalue weighted by Gasteiger charge is -2.48. The molecule has 2 aromatic rings. The van der Waals surface area contributed by atoms with Crippen molar-refractivity contribution in [2.24, 2.45) is 0 Å². The van der Waals surface area contributed by atoms with Crippen molar-refractivity contribution in [2.45, 2.75) is 45.8 Å². The first kappa shape index (κ1) is 20.6. The highest BCUT2D eigenvalue weighted by Gasteiger charge is 2.35. The van der Waals surface area contributed by atoms with Crippen molar-refractivity contribution >= 4 is 5.57 Å². The van der Waals surface area contributed by atoms with Crippen molar-refractivity contribution in [3.8, 4) is 5.88 Å². The van der Waals surface area contributed by atoms with Gasteiger partial charge in [-0.1, -0.05) is 36.4 Å². The quantitative estimate of drug-likeness (QED) is 0.747. The van der Waals surface area contributed by atoms with E-state index in [4.69, 9.17) is 4.74 Å². The number of hydrogen-bond donors (Lipinski definition) is 0. The van der Waals surface area contributed by atoms with Gasteiger partial charge in [-0.05, 0) is 50.5 Å². The van der Waals surface area contributed by atoms with Crippen molar-refractivity contribution in [1.29, 1.82) is 0 Å². The number of rotatable bonds is 5.